The van der Waals surface area contributed by atoms with E-state index < -0.39 is 18.2 Å². The number of anilines is 1. The Bertz CT molecular complexity index is 1240. The zero-order valence-corrected chi connectivity index (χ0v) is 21.5. The maximum absolute atomic E-state index is 13.6. The Balaban J connectivity index is 1.59. The van der Waals surface area contributed by atoms with Crippen LogP contribution in [0.2, 0.25) is 0 Å². The number of carbonyl (C=O) groups is 3. The van der Waals surface area contributed by atoms with E-state index in [4.69, 9.17) is 4.74 Å². The summed E-state index contributed by atoms with van der Waals surface area (Å²) in [5, 5.41) is 2.92. The predicted octanol–water partition coefficient (Wildman–Crippen LogP) is 5.11. The van der Waals surface area contributed by atoms with Gasteiger partial charge in [-0.15, -0.1) is 0 Å². The first-order valence-electron chi connectivity index (χ1n) is 12.6. The fourth-order valence-corrected chi connectivity index (χ4v) is 4.59. The van der Waals surface area contributed by atoms with Crippen LogP contribution < -0.4 is 5.32 Å². The Morgan fingerprint density at radius 2 is 1.62 bits per heavy atom. The van der Waals surface area contributed by atoms with Crippen LogP contribution in [0.5, 0.6) is 0 Å². The number of hydrogen-bond donors (Lipinski definition) is 1. The summed E-state index contributed by atoms with van der Waals surface area (Å²) in [6, 6.07) is 23.7. The van der Waals surface area contributed by atoms with Crippen molar-refractivity contribution in [3.8, 4) is 0 Å². The van der Waals surface area contributed by atoms with E-state index in [1.807, 2.05) is 81.4 Å². The van der Waals surface area contributed by atoms with E-state index >= 15 is 0 Å². The molecule has 1 N–H and O–H groups in total. The molecular formula is C30H33N3O4. The molecule has 0 aromatic heterocycles. The molecule has 1 heterocycles. The van der Waals surface area contributed by atoms with Crippen molar-refractivity contribution < 1.29 is 19.1 Å². The summed E-state index contributed by atoms with van der Waals surface area (Å²) in [5.74, 6) is -0.310. The molecule has 0 bridgehead atoms. The summed E-state index contributed by atoms with van der Waals surface area (Å²) in [6.07, 6.45) is -1.08. The first kappa shape index (κ1) is 25.9. The van der Waals surface area contributed by atoms with Crippen molar-refractivity contribution in [1.82, 2.24) is 9.80 Å². The van der Waals surface area contributed by atoms with Gasteiger partial charge in [0.15, 0.2) is 12.1 Å². The smallest absolute Gasteiger partial charge is 0.411 e. The van der Waals surface area contributed by atoms with Gasteiger partial charge in [0.05, 0.1) is 13.0 Å². The molecule has 0 spiro atoms. The van der Waals surface area contributed by atoms with Gasteiger partial charge < -0.3 is 15.0 Å². The summed E-state index contributed by atoms with van der Waals surface area (Å²) >= 11 is 0. The molecule has 1 aliphatic rings. The van der Waals surface area contributed by atoms with Gasteiger partial charge in [0.25, 0.3) is 0 Å². The molecular weight excluding hydrogens is 466 g/mol. The van der Waals surface area contributed by atoms with E-state index in [0.717, 1.165) is 16.7 Å². The molecule has 3 amide bonds. The van der Waals surface area contributed by atoms with E-state index in [2.05, 4.69) is 5.32 Å². The number of likely N-dealkylation sites (N-methyl/N-ethyl adjacent to an activating group) is 1. The summed E-state index contributed by atoms with van der Waals surface area (Å²) in [5.41, 5.74) is 4.19. The van der Waals surface area contributed by atoms with Gasteiger partial charge >= 0.3 is 6.09 Å². The number of amides is 3. The van der Waals surface area contributed by atoms with Crippen molar-refractivity contribution in [3.63, 3.8) is 0 Å². The van der Waals surface area contributed by atoms with Gasteiger partial charge in [-0.1, -0.05) is 72.3 Å². The van der Waals surface area contributed by atoms with E-state index in [9.17, 15) is 14.4 Å². The van der Waals surface area contributed by atoms with E-state index in [1.54, 1.807) is 23.1 Å². The average Bonchev–Trinajstić information content (AvgIpc) is 3.22. The van der Waals surface area contributed by atoms with Crippen molar-refractivity contribution in [2.24, 2.45) is 0 Å². The number of hydrogen-bond acceptors (Lipinski definition) is 4. The number of cyclic esters (lactones) is 1. The lowest BCUT2D eigenvalue weighted by atomic mass is 9.99. The lowest BCUT2D eigenvalue weighted by Gasteiger charge is -2.29. The predicted molar refractivity (Wildman–Crippen MR) is 143 cm³/mol. The maximum atomic E-state index is 13.6. The molecule has 2 atom stereocenters. The maximum Gasteiger partial charge on any atom is 0.411 e. The van der Waals surface area contributed by atoms with Crippen LogP contribution in [0.1, 0.15) is 42.2 Å². The number of aryl methyl sites for hydroxylation is 1. The number of ether oxygens (including phenoxy) is 1. The van der Waals surface area contributed by atoms with Crippen LogP contribution in [0, 0.1) is 6.92 Å². The molecule has 3 aromatic carbocycles. The Morgan fingerprint density at radius 1 is 0.919 bits per heavy atom. The molecule has 1 fully saturated rings. The second-order valence-corrected chi connectivity index (χ2v) is 9.21. The fraction of sp³-hybridized carbons (Fsp3) is 0.300. The van der Waals surface area contributed by atoms with Crippen molar-refractivity contribution in [2.45, 2.75) is 45.9 Å². The number of rotatable bonds is 9. The van der Waals surface area contributed by atoms with Crippen molar-refractivity contribution in [2.75, 3.05) is 18.4 Å². The first-order valence-corrected chi connectivity index (χ1v) is 12.6. The molecule has 4 rings (SSSR count). The molecule has 2 unspecified atom stereocenters. The van der Waals surface area contributed by atoms with Crippen molar-refractivity contribution in [3.05, 3.63) is 101 Å². The summed E-state index contributed by atoms with van der Waals surface area (Å²) in [6.45, 7) is 7.16. The molecule has 7 nitrogen and oxygen atoms in total. The molecule has 3 aromatic rings. The normalized spacial score (nSPS) is 16.8. The number of nitrogens with one attached hydrogen (secondary N) is 1. The van der Waals surface area contributed by atoms with E-state index in [0.29, 0.717) is 24.3 Å². The minimum Gasteiger partial charge on any atom is -0.438 e. The van der Waals surface area contributed by atoms with Crippen LogP contribution in [0.3, 0.4) is 0 Å². The van der Waals surface area contributed by atoms with Gasteiger partial charge in [0.2, 0.25) is 11.8 Å². The molecule has 0 aliphatic carbocycles. The van der Waals surface area contributed by atoms with Crippen LogP contribution in [0.4, 0.5) is 10.5 Å². The van der Waals surface area contributed by atoms with Gasteiger partial charge in [0.1, 0.15) is 0 Å². The molecule has 1 aliphatic heterocycles. The Morgan fingerprint density at radius 3 is 2.30 bits per heavy atom. The van der Waals surface area contributed by atoms with E-state index in [1.165, 1.54) is 4.90 Å². The van der Waals surface area contributed by atoms with Crippen LogP contribution in [-0.4, -0.2) is 46.8 Å². The molecule has 1 saturated heterocycles. The highest BCUT2D eigenvalue weighted by molar-refractivity contribution is 5.92. The Kier molecular flexibility index (Phi) is 8.23. The van der Waals surface area contributed by atoms with Gasteiger partial charge in [0, 0.05) is 18.8 Å². The second-order valence-electron chi connectivity index (χ2n) is 9.21. The van der Waals surface area contributed by atoms with Crippen molar-refractivity contribution in [1.29, 1.82) is 0 Å². The lowest BCUT2D eigenvalue weighted by molar-refractivity contribution is -0.136. The van der Waals surface area contributed by atoms with Gasteiger partial charge in [-0.05, 0) is 49.6 Å². The number of carbonyl (C=O) groups excluding carboxylic acids is 3. The zero-order valence-electron chi connectivity index (χ0n) is 21.5. The zero-order chi connectivity index (χ0) is 26.4. The minimum absolute atomic E-state index is 0.150. The molecule has 7 heteroatoms. The van der Waals surface area contributed by atoms with Crippen molar-refractivity contribution >= 4 is 23.6 Å². The summed E-state index contributed by atoms with van der Waals surface area (Å²) in [4.78, 5) is 42.6. The number of benzene rings is 3. The van der Waals surface area contributed by atoms with Gasteiger partial charge in [-0.2, -0.15) is 0 Å². The second kappa shape index (κ2) is 11.7. The summed E-state index contributed by atoms with van der Waals surface area (Å²) < 4.78 is 5.81. The standard InChI is InChI=1S/C30H33N3O4/c1-4-32(5-2)29(35)27-28(37-30(36)33(27)20-23-16-14-21(3)15-17-23)24-12-9-13-25(19-24)31-26(34)18-22-10-7-6-8-11-22/h6-17,19,27-28H,4-5,18,20H2,1-3H3,(H,31,34). The third kappa shape index (κ3) is 6.17. The average molecular weight is 500 g/mol. The molecule has 0 radical (unpaired) electrons. The molecule has 0 saturated carbocycles. The molecule has 192 valence electrons. The lowest BCUT2D eigenvalue weighted by Crippen LogP contribution is -2.48. The van der Waals surface area contributed by atoms with E-state index in [-0.39, 0.29) is 24.8 Å². The fourth-order valence-electron chi connectivity index (χ4n) is 4.59. The van der Waals surface area contributed by atoms with Gasteiger partial charge in [-0.25, -0.2) is 4.79 Å². The van der Waals surface area contributed by atoms with Gasteiger partial charge in [-0.3, -0.25) is 14.5 Å². The highest BCUT2D eigenvalue weighted by atomic mass is 16.6. The van der Waals surface area contributed by atoms with Crippen LogP contribution in [0.15, 0.2) is 78.9 Å². The highest BCUT2D eigenvalue weighted by Crippen LogP contribution is 2.36. The first-order chi connectivity index (χ1) is 17.9. The summed E-state index contributed by atoms with van der Waals surface area (Å²) in [7, 11) is 0. The topological polar surface area (TPSA) is 79.0 Å². The largest absolute Gasteiger partial charge is 0.438 e. The molecule has 37 heavy (non-hydrogen) atoms. The third-order valence-corrected chi connectivity index (χ3v) is 6.59. The van der Waals surface area contributed by atoms with Crippen LogP contribution in [0.25, 0.3) is 0 Å². The van der Waals surface area contributed by atoms with Crippen LogP contribution >= 0.6 is 0 Å². The minimum atomic E-state index is -0.816. The van der Waals surface area contributed by atoms with Crippen LogP contribution in [-0.2, 0) is 27.3 Å². The quantitative estimate of drug-likeness (QED) is 0.444. The third-order valence-electron chi connectivity index (χ3n) is 6.59. The SMILES string of the molecule is CCN(CC)C(=O)C1C(c2cccc(NC(=O)Cc3ccccc3)c2)OC(=O)N1Cc1ccc(C)cc1. The Hall–Kier alpha value is -4.13. The Labute approximate surface area is 218 Å². The number of nitrogens with zero attached hydrogens (tertiary/aromatic N) is 2. The highest BCUT2D eigenvalue weighted by Gasteiger charge is 2.48. The monoisotopic (exact) mass is 499 g/mol.